The average Bonchev–Trinajstić information content (AvgIpc) is 3.13. The number of nitrogens with one attached hydrogen (secondary N) is 1. The third-order valence-electron chi connectivity index (χ3n) is 5.26. The molecule has 2 aromatic heterocycles. The van der Waals surface area contributed by atoms with Crippen molar-refractivity contribution in [3.63, 3.8) is 0 Å². The Morgan fingerprint density at radius 2 is 2.03 bits per heavy atom. The molecule has 1 amide bonds. The van der Waals surface area contributed by atoms with Crippen LogP contribution in [0.4, 0.5) is 0 Å². The molecule has 1 unspecified atom stereocenters. The van der Waals surface area contributed by atoms with Crippen molar-refractivity contribution in [2.24, 2.45) is 0 Å². The van der Waals surface area contributed by atoms with Gasteiger partial charge >= 0.3 is 0 Å². The number of fused-ring (bicyclic) bond motifs is 1. The van der Waals surface area contributed by atoms with Crippen LogP contribution in [-0.2, 0) is 14.6 Å². The van der Waals surface area contributed by atoms with E-state index < -0.39 is 27.3 Å². The summed E-state index contributed by atoms with van der Waals surface area (Å²) >= 11 is 0. The number of nitrogens with zero attached hydrogens (tertiary/aromatic N) is 3. The number of amides is 1. The van der Waals surface area contributed by atoms with Crippen molar-refractivity contribution in [3.8, 4) is 17.7 Å². The van der Waals surface area contributed by atoms with Crippen LogP contribution in [0.3, 0.4) is 0 Å². The van der Waals surface area contributed by atoms with Crippen molar-refractivity contribution in [1.82, 2.24) is 14.7 Å². The van der Waals surface area contributed by atoms with Crippen LogP contribution in [0, 0.1) is 18.3 Å². The van der Waals surface area contributed by atoms with Crippen LogP contribution in [0.2, 0.25) is 0 Å². The normalized spacial score (nSPS) is 17.5. The minimum Gasteiger partial charge on any atom is -0.438 e. The van der Waals surface area contributed by atoms with E-state index in [1.165, 1.54) is 10.6 Å². The molecular formula is C23H20N4O5S. The number of pyridine rings is 1. The number of benzene rings is 1. The molecule has 1 atom stereocenters. The van der Waals surface area contributed by atoms with Gasteiger partial charge in [0, 0.05) is 12.2 Å². The molecule has 0 spiro atoms. The van der Waals surface area contributed by atoms with E-state index in [1.54, 1.807) is 36.4 Å². The van der Waals surface area contributed by atoms with E-state index >= 15 is 0 Å². The summed E-state index contributed by atoms with van der Waals surface area (Å²) in [6.07, 6.45) is 2.92. The summed E-state index contributed by atoms with van der Waals surface area (Å²) in [6.45, 7) is 1.84. The molecule has 10 heteroatoms. The highest BCUT2D eigenvalue weighted by Gasteiger charge is 2.30. The van der Waals surface area contributed by atoms with Gasteiger partial charge in [0.1, 0.15) is 28.6 Å². The van der Waals surface area contributed by atoms with E-state index in [0.717, 1.165) is 11.6 Å². The first-order valence-electron chi connectivity index (χ1n) is 10.2. The summed E-state index contributed by atoms with van der Waals surface area (Å²) in [5, 5.41) is 12.2. The maximum atomic E-state index is 13.2. The summed E-state index contributed by atoms with van der Waals surface area (Å²) < 4.78 is 30.5. The van der Waals surface area contributed by atoms with Crippen molar-refractivity contribution in [2.75, 3.05) is 11.5 Å². The molecule has 1 aliphatic rings. The molecule has 168 valence electrons. The Morgan fingerprint density at radius 1 is 1.27 bits per heavy atom. The number of aromatic nitrogens is 2. The standard InChI is InChI=1S/C23H20N4O5S/c1-15-6-2-3-7-19(15)32-22-18(23(29)27-10-5-4-8-20(27)26-22)12-16(13-24)21(28)25-17-9-11-33(30,31)14-17/h2-8,10,12,17H,9,11,14H2,1H3,(H,25,28)/b16-12+. The van der Waals surface area contributed by atoms with Gasteiger partial charge in [0.05, 0.1) is 11.5 Å². The molecule has 0 aliphatic carbocycles. The maximum absolute atomic E-state index is 13.2. The molecule has 1 fully saturated rings. The van der Waals surface area contributed by atoms with E-state index in [-0.39, 0.29) is 34.9 Å². The van der Waals surface area contributed by atoms with Gasteiger partial charge < -0.3 is 10.1 Å². The monoisotopic (exact) mass is 464 g/mol. The van der Waals surface area contributed by atoms with Crippen LogP contribution >= 0.6 is 0 Å². The van der Waals surface area contributed by atoms with Gasteiger partial charge in [0.15, 0.2) is 9.84 Å². The lowest BCUT2D eigenvalue weighted by molar-refractivity contribution is -0.117. The summed E-state index contributed by atoms with van der Waals surface area (Å²) in [6, 6.07) is 13.4. The van der Waals surface area contributed by atoms with Gasteiger partial charge in [-0.1, -0.05) is 24.3 Å². The van der Waals surface area contributed by atoms with Crippen molar-refractivity contribution >= 4 is 27.5 Å². The molecule has 4 rings (SSSR count). The lowest BCUT2D eigenvalue weighted by Gasteiger charge is -2.12. The van der Waals surface area contributed by atoms with Gasteiger partial charge in [0.25, 0.3) is 11.5 Å². The fraction of sp³-hybridized carbons (Fsp3) is 0.217. The highest BCUT2D eigenvalue weighted by atomic mass is 32.2. The summed E-state index contributed by atoms with van der Waals surface area (Å²) in [4.78, 5) is 30.3. The Balaban J connectivity index is 1.77. The van der Waals surface area contributed by atoms with Crippen LogP contribution in [0.15, 0.2) is 59.0 Å². The van der Waals surface area contributed by atoms with E-state index in [1.807, 2.05) is 19.1 Å². The van der Waals surface area contributed by atoms with Crippen molar-refractivity contribution < 1.29 is 17.9 Å². The van der Waals surface area contributed by atoms with Crippen LogP contribution in [0.5, 0.6) is 11.6 Å². The van der Waals surface area contributed by atoms with E-state index in [0.29, 0.717) is 11.4 Å². The first kappa shape index (κ1) is 22.2. The van der Waals surface area contributed by atoms with E-state index in [2.05, 4.69) is 10.3 Å². The highest BCUT2D eigenvalue weighted by Crippen LogP contribution is 2.26. The molecule has 3 heterocycles. The Hall–Kier alpha value is -3.97. The maximum Gasteiger partial charge on any atom is 0.269 e. The number of aryl methyl sites for hydroxylation is 1. The molecule has 33 heavy (non-hydrogen) atoms. The zero-order valence-electron chi connectivity index (χ0n) is 17.7. The second-order valence-electron chi connectivity index (χ2n) is 7.68. The molecule has 1 aromatic carbocycles. The van der Waals surface area contributed by atoms with E-state index in [9.17, 15) is 23.3 Å². The lowest BCUT2D eigenvalue weighted by Crippen LogP contribution is -2.36. The number of nitriles is 1. The smallest absolute Gasteiger partial charge is 0.269 e. The Bertz CT molecular complexity index is 1480. The Labute approximate surface area is 189 Å². The number of para-hydroxylation sites is 1. The second-order valence-corrected chi connectivity index (χ2v) is 9.90. The van der Waals surface area contributed by atoms with Crippen LogP contribution in [-0.4, -0.2) is 41.3 Å². The number of sulfone groups is 1. The largest absolute Gasteiger partial charge is 0.438 e. The lowest BCUT2D eigenvalue weighted by atomic mass is 10.1. The molecule has 9 nitrogen and oxygen atoms in total. The Morgan fingerprint density at radius 3 is 2.73 bits per heavy atom. The van der Waals surface area contributed by atoms with Crippen LogP contribution in [0.1, 0.15) is 17.5 Å². The van der Waals surface area contributed by atoms with Crippen molar-refractivity contribution in [2.45, 2.75) is 19.4 Å². The average molecular weight is 465 g/mol. The predicted octanol–water partition coefficient (Wildman–Crippen LogP) is 2.01. The topological polar surface area (TPSA) is 131 Å². The fourth-order valence-electron chi connectivity index (χ4n) is 3.52. The highest BCUT2D eigenvalue weighted by molar-refractivity contribution is 7.91. The summed E-state index contributed by atoms with van der Waals surface area (Å²) in [5.74, 6) is -0.547. The van der Waals surface area contributed by atoms with Gasteiger partial charge in [-0.25, -0.2) is 8.42 Å². The third-order valence-corrected chi connectivity index (χ3v) is 7.02. The predicted molar refractivity (Wildman–Crippen MR) is 122 cm³/mol. The molecule has 0 saturated carbocycles. The minimum atomic E-state index is -3.21. The zero-order valence-corrected chi connectivity index (χ0v) is 18.5. The number of carbonyl (C=O) groups excluding carboxylic acids is 1. The zero-order chi connectivity index (χ0) is 23.6. The minimum absolute atomic E-state index is 0.0199. The van der Waals surface area contributed by atoms with Gasteiger partial charge in [-0.05, 0) is 43.2 Å². The first-order chi connectivity index (χ1) is 15.8. The third kappa shape index (κ3) is 4.78. The Kier molecular flexibility index (Phi) is 5.98. The number of carbonyl (C=O) groups is 1. The van der Waals surface area contributed by atoms with Gasteiger partial charge in [-0.3, -0.25) is 14.0 Å². The molecule has 3 aromatic rings. The van der Waals surface area contributed by atoms with Crippen molar-refractivity contribution in [3.05, 3.63) is 75.7 Å². The second kappa shape index (κ2) is 8.88. The SMILES string of the molecule is Cc1ccccc1Oc1nc2ccccn2c(=O)c1/C=C(\C#N)C(=O)NC1CCS(=O)(=O)C1. The van der Waals surface area contributed by atoms with Crippen LogP contribution in [0.25, 0.3) is 11.7 Å². The molecule has 1 N–H and O–H groups in total. The van der Waals surface area contributed by atoms with Crippen LogP contribution < -0.4 is 15.6 Å². The summed E-state index contributed by atoms with van der Waals surface area (Å²) in [7, 11) is -3.21. The molecule has 0 bridgehead atoms. The fourth-order valence-corrected chi connectivity index (χ4v) is 5.20. The van der Waals surface area contributed by atoms with Crippen molar-refractivity contribution in [1.29, 1.82) is 5.26 Å². The molecular weight excluding hydrogens is 444 g/mol. The number of hydrogen-bond acceptors (Lipinski definition) is 7. The van der Waals surface area contributed by atoms with Gasteiger partial charge in [-0.2, -0.15) is 10.2 Å². The molecule has 0 radical (unpaired) electrons. The van der Waals surface area contributed by atoms with E-state index in [4.69, 9.17) is 4.74 Å². The number of rotatable bonds is 5. The molecule has 1 saturated heterocycles. The quantitative estimate of drug-likeness (QED) is 0.451. The van der Waals surface area contributed by atoms with Gasteiger partial charge in [0.2, 0.25) is 5.88 Å². The van der Waals surface area contributed by atoms with Gasteiger partial charge in [-0.15, -0.1) is 0 Å². The number of ether oxygens (including phenoxy) is 1. The first-order valence-corrected chi connectivity index (χ1v) is 12.0. The number of hydrogen-bond donors (Lipinski definition) is 1. The summed E-state index contributed by atoms with van der Waals surface area (Å²) in [5.41, 5.74) is 0.190. The molecule has 1 aliphatic heterocycles.